The van der Waals surface area contributed by atoms with Gasteiger partial charge in [-0.3, -0.25) is 9.59 Å². The van der Waals surface area contributed by atoms with Crippen molar-refractivity contribution in [2.24, 2.45) is 0 Å². The van der Waals surface area contributed by atoms with E-state index in [1.807, 2.05) is 0 Å². The van der Waals surface area contributed by atoms with Gasteiger partial charge >= 0.3 is 0 Å². The minimum Gasteiger partial charge on any atom is -0.493 e. The summed E-state index contributed by atoms with van der Waals surface area (Å²) in [5.41, 5.74) is 1.60. The summed E-state index contributed by atoms with van der Waals surface area (Å²) in [7, 11) is 3.01. The lowest BCUT2D eigenvalue weighted by Crippen LogP contribution is -2.25. The minimum absolute atomic E-state index is 0.0275. The second kappa shape index (κ2) is 7.49. The monoisotopic (exact) mass is 373 g/mol. The van der Waals surface area contributed by atoms with Crippen molar-refractivity contribution in [2.75, 3.05) is 26.1 Å². The lowest BCUT2D eigenvalue weighted by atomic mass is 10.1. The Kier molecular flexibility index (Phi) is 5.14. The number of anilines is 1. The Morgan fingerprint density at radius 3 is 2.77 bits per heavy atom. The molecule has 2 aromatic carbocycles. The highest BCUT2D eigenvalue weighted by atomic mass is 35.5. The summed E-state index contributed by atoms with van der Waals surface area (Å²) >= 11 is 6.16. The van der Waals surface area contributed by atoms with Crippen LogP contribution in [0.5, 0.6) is 17.2 Å². The zero-order chi connectivity index (χ0) is 18.7. The molecule has 7 heteroatoms. The highest BCUT2D eigenvalue weighted by Crippen LogP contribution is 2.36. The highest BCUT2D eigenvalue weighted by Gasteiger charge is 2.17. The number of rotatable bonds is 5. The Labute approximate surface area is 155 Å². The Bertz CT molecular complexity index is 907. The summed E-state index contributed by atoms with van der Waals surface area (Å²) in [4.78, 5) is 23.8. The molecule has 0 fully saturated rings. The van der Waals surface area contributed by atoms with E-state index in [1.54, 1.807) is 36.4 Å². The predicted octanol–water partition coefficient (Wildman–Crippen LogP) is 3.58. The lowest BCUT2D eigenvalue weighted by molar-refractivity contribution is -0.118. The number of carbonyl (C=O) groups is 2. The SMILES string of the molecule is COc1cc(C=CC(=O)c2ccc3c(c2)NC(=O)CO3)cc(Cl)c1OC. The van der Waals surface area contributed by atoms with Crippen molar-refractivity contribution < 1.29 is 23.8 Å². The van der Waals surface area contributed by atoms with Gasteiger partial charge in [0, 0.05) is 5.56 Å². The van der Waals surface area contributed by atoms with Gasteiger partial charge in [0.1, 0.15) is 5.75 Å². The molecule has 6 nitrogen and oxygen atoms in total. The van der Waals surface area contributed by atoms with E-state index in [0.717, 1.165) is 0 Å². The van der Waals surface area contributed by atoms with E-state index in [0.29, 0.717) is 39.1 Å². The number of hydrogen-bond donors (Lipinski definition) is 1. The first-order chi connectivity index (χ1) is 12.5. The van der Waals surface area contributed by atoms with Crippen molar-refractivity contribution in [3.05, 3.63) is 52.6 Å². The van der Waals surface area contributed by atoms with E-state index in [9.17, 15) is 9.59 Å². The number of hydrogen-bond acceptors (Lipinski definition) is 5. The third-order valence-corrected chi connectivity index (χ3v) is 4.06. The van der Waals surface area contributed by atoms with Gasteiger partial charge in [0.25, 0.3) is 5.91 Å². The first-order valence-electron chi connectivity index (χ1n) is 7.72. The fourth-order valence-electron chi connectivity index (χ4n) is 2.54. The van der Waals surface area contributed by atoms with Crippen LogP contribution in [0, 0.1) is 0 Å². The van der Waals surface area contributed by atoms with Gasteiger partial charge in [-0.2, -0.15) is 0 Å². The smallest absolute Gasteiger partial charge is 0.262 e. The van der Waals surface area contributed by atoms with Crippen LogP contribution in [0.2, 0.25) is 5.02 Å². The molecule has 1 heterocycles. The summed E-state index contributed by atoms with van der Waals surface area (Å²) in [6.07, 6.45) is 3.05. The second-order valence-electron chi connectivity index (χ2n) is 5.48. The van der Waals surface area contributed by atoms with Crippen LogP contribution in [0.25, 0.3) is 6.08 Å². The van der Waals surface area contributed by atoms with Crippen LogP contribution < -0.4 is 19.5 Å². The Morgan fingerprint density at radius 1 is 1.23 bits per heavy atom. The van der Waals surface area contributed by atoms with Gasteiger partial charge in [-0.1, -0.05) is 17.7 Å². The molecular weight excluding hydrogens is 358 g/mol. The molecule has 1 aliphatic rings. The van der Waals surface area contributed by atoms with E-state index < -0.39 is 0 Å². The van der Waals surface area contributed by atoms with Crippen molar-refractivity contribution in [3.63, 3.8) is 0 Å². The van der Waals surface area contributed by atoms with Gasteiger partial charge in [-0.25, -0.2) is 0 Å². The number of ether oxygens (including phenoxy) is 3. The summed E-state index contributed by atoms with van der Waals surface area (Å²) in [6.45, 7) is -0.0275. The maximum Gasteiger partial charge on any atom is 0.262 e. The number of amides is 1. The topological polar surface area (TPSA) is 73.9 Å². The van der Waals surface area contributed by atoms with Gasteiger partial charge in [0.15, 0.2) is 23.9 Å². The number of allylic oxidation sites excluding steroid dienone is 1. The standard InChI is InChI=1S/C19H16ClNO5/c1-24-17-8-11(7-13(20)19(17)25-2)3-5-15(22)12-4-6-16-14(9-12)21-18(23)10-26-16/h3-9H,10H2,1-2H3,(H,21,23). The van der Waals surface area contributed by atoms with Crippen LogP contribution >= 0.6 is 11.6 Å². The molecule has 134 valence electrons. The summed E-state index contributed by atoms with van der Waals surface area (Å²) < 4.78 is 15.7. The molecule has 1 amide bonds. The normalized spacial score (nSPS) is 13.0. The second-order valence-corrected chi connectivity index (χ2v) is 5.89. The lowest BCUT2D eigenvalue weighted by Gasteiger charge is -2.17. The molecule has 2 aromatic rings. The van der Waals surface area contributed by atoms with E-state index in [4.69, 9.17) is 25.8 Å². The van der Waals surface area contributed by atoms with E-state index in [-0.39, 0.29) is 18.3 Å². The van der Waals surface area contributed by atoms with Crippen LogP contribution in [0.1, 0.15) is 15.9 Å². The predicted molar refractivity (Wildman–Crippen MR) is 98.5 cm³/mol. The molecular formula is C19H16ClNO5. The van der Waals surface area contributed by atoms with Crippen molar-refractivity contribution in [3.8, 4) is 17.2 Å². The molecule has 0 spiro atoms. The van der Waals surface area contributed by atoms with Crippen LogP contribution in [0.3, 0.4) is 0 Å². The number of fused-ring (bicyclic) bond motifs is 1. The Hall–Kier alpha value is -2.99. The molecule has 0 unspecified atom stereocenters. The fourth-order valence-corrected chi connectivity index (χ4v) is 2.83. The number of halogens is 1. The van der Waals surface area contributed by atoms with Gasteiger partial charge < -0.3 is 19.5 Å². The molecule has 3 rings (SSSR count). The zero-order valence-electron chi connectivity index (χ0n) is 14.2. The molecule has 0 saturated heterocycles. The molecule has 0 bridgehead atoms. The number of nitrogens with one attached hydrogen (secondary N) is 1. The van der Waals surface area contributed by atoms with Crippen LogP contribution in [-0.4, -0.2) is 32.5 Å². The third-order valence-electron chi connectivity index (χ3n) is 3.78. The van der Waals surface area contributed by atoms with Gasteiger partial charge in [-0.15, -0.1) is 0 Å². The van der Waals surface area contributed by atoms with Crippen LogP contribution in [0.15, 0.2) is 36.4 Å². The largest absolute Gasteiger partial charge is 0.493 e. The average Bonchev–Trinajstić information content (AvgIpc) is 2.64. The average molecular weight is 374 g/mol. The summed E-state index contributed by atoms with van der Waals surface area (Å²) in [5, 5.41) is 3.06. The van der Waals surface area contributed by atoms with E-state index >= 15 is 0 Å². The van der Waals surface area contributed by atoms with Crippen LogP contribution in [-0.2, 0) is 4.79 Å². The number of carbonyl (C=O) groups excluding carboxylic acids is 2. The van der Waals surface area contributed by atoms with Gasteiger partial charge in [0.2, 0.25) is 0 Å². The molecule has 0 radical (unpaired) electrons. The van der Waals surface area contributed by atoms with Crippen molar-refractivity contribution in [1.82, 2.24) is 0 Å². The number of ketones is 1. The summed E-state index contributed by atoms with van der Waals surface area (Å²) in [5.74, 6) is 0.969. The minimum atomic E-state index is -0.252. The first kappa shape index (κ1) is 17.8. The van der Waals surface area contributed by atoms with Gasteiger partial charge in [0.05, 0.1) is 24.9 Å². The molecule has 0 saturated carbocycles. The highest BCUT2D eigenvalue weighted by molar-refractivity contribution is 6.32. The third kappa shape index (κ3) is 3.65. The maximum absolute atomic E-state index is 12.4. The van der Waals surface area contributed by atoms with Crippen molar-refractivity contribution in [1.29, 1.82) is 0 Å². The molecule has 0 atom stereocenters. The Balaban J connectivity index is 1.83. The Morgan fingerprint density at radius 2 is 2.04 bits per heavy atom. The number of benzene rings is 2. The zero-order valence-corrected chi connectivity index (χ0v) is 14.9. The molecule has 1 aliphatic heterocycles. The van der Waals surface area contributed by atoms with Crippen LogP contribution in [0.4, 0.5) is 5.69 Å². The molecule has 26 heavy (non-hydrogen) atoms. The summed E-state index contributed by atoms with van der Waals surface area (Å²) in [6, 6.07) is 8.28. The number of methoxy groups -OCH3 is 2. The van der Waals surface area contributed by atoms with Crippen molar-refractivity contribution in [2.45, 2.75) is 0 Å². The first-order valence-corrected chi connectivity index (χ1v) is 8.10. The molecule has 0 aliphatic carbocycles. The molecule has 0 aromatic heterocycles. The molecule has 1 N–H and O–H groups in total. The van der Waals surface area contributed by atoms with Gasteiger partial charge in [-0.05, 0) is 42.0 Å². The maximum atomic E-state index is 12.4. The quantitative estimate of drug-likeness (QED) is 0.640. The van der Waals surface area contributed by atoms with E-state index in [2.05, 4.69) is 5.32 Å². The fraction of sp³-hybridized carbons (Fsp3) is 0.158. The van der Waals surface area contributed by atoms with Crippen molar-refractivity contribution >= 4 is 35.1 Å². The van der Waals surface area contributed by atoms with E-state index in [1.165, 1.54) is 20.3 Å².